The summed E-state index contributed by atoms with van der Waals surface area (Å²) in [5.74, 6) is 0. The lowest BCUT2D eigenvalue weighted by atomic mass is 10.2. The summed E-state index contributed by atoms with van der Waals surface area (Å²) in [6, 6.07) is 15.2. The topological polar surface area (TPSA) is 0 Å². The van der Waals surface area contributed by atoms with Gasteiger partial charge in [0.05, 0.1) is 0 Å². The number of benzene rings is 2. The van der Waals surface area contributed by atoms with Gasteiger partial charge in [-0.15, -0.1) is 0 Å². The molecule has 0 bridgehead atoms. The minimum atomic E-state index is 1.31. The molecule has 2 aromatic carbocycles. The summed E-state index contributed by atoms with van der Waals surface area (Å²) >= 11 is 1.85. The van der Waals surface area contributed by atoms with E-state index in [1.54, 1.807) is 0 Å². The summed E-state index contributed by atoms with van der Waals surface area (Å²) in [4.78, 5) is 2.69. The quantitative estimate of drug-likeness (QED) is 0.714. The largest absolute Gasteiger partial charge is 0.0895 e. The van der Waals surface area contributed by atoms with Crippen molar-refractivity contribution in [1.82, 2.24) is 0 Å². The van der Waals surface area contributed by atoms with Crippen LogP contribution in [0.2, 0.25) is 0 Å². The Labute approximate surface area is 102 Å². The van der Waals surface area contributed by atoms with E-state index in [0.29, 0.717) is 0 Å². The first-order valence-corrected chi connectivity index (χ1v) is 6.29. The number of hydrogen-bond acceptors (Lipinski definition) is 1. The maximum atomic E-state index is 2.19. The van der Waals surface area contributed by atoms with E-state index in [4.69, 9.17) is 0 Å². The second-order valence-electron chi connectivity index (χ2n) is 4.14. The molecule has 0 saturated carbocycles. The zero-order chi connectivity index (χ0) is 11.5. The second-order valence-corrected chi connectivity index (χ2v) is 5.22. The smallest absolute Gasteiger partial charge is 0.0180 e. The minimum absolute atomic E-state index is 1.31. The number of rotatable bonds is 2. The molecule has 82 valence electrons. The average Bonchev–Trinajstić information content (AvgIpc) is 2.26. The van der Waals surface area contributed by atoms with Crippen LogP contribution in [-0.2, 0) is 0 Å². The molecule has 0 nitrogen and oxygen atoms in total. The van der Waals surface area contributed by atoms with E-state index in [1.807, 2.05) is 11.8 Å². The van der Waals surface area contributed by atoms with E-state index >= 15 is 0 Å². The van der Waals surface area contributed by atoms with Crippen LogP contribution in [0.5, 0.6) is 0 Å². The van der Waals surface area contributed by atoms with Gasteiger partial charge in [0.25, 0.3) is 0 Å². The maximum absolute atomic E-state index is 2.19. The van der Waals surface area contributed by atoms with Gasteiger partial charge in [-0.25, -0.2) is 0 Å². The van der Waals surface area contributed by atoms with Crippen molar-refractivity contribution in [2.45, 2.75) is 30.6 Å². The van der Waals surface area contributed by atoms with Gasteiger partial charge >= 0.3 is 0 Å². The molecule has 0 amide bonds. The van der Waals surface area contributed by atoms with E-state index in [9.17, 15) is 0 Å². The van der Waals surface area contributed by atoms with Crippen molar-refractivity contribution in [3.05, 3.63) is 59.2 Å². The van der Waals surface area contributed by atoms with Crippen molar-refractivity contribution in [2.24, 2.45) is 0 Å². The highest BCUT2D eigenvalue weighted by atomic mass is 32.2. The van der Waals surface area contributed by atoms with Gasteiger partial charge in [-0.05, 0) is 44.0 Å². The molecule has 0 N–H and O–H groups in total. The van der Waals surface area contributed by atoms with Gasteiger partial charge in [-0.2, -0.15) is 0 Å². The zero-order valence-electron chi connectivity index (χ0n) is 9.95. The molecule has 0 spiro atoms. The van der Waals surface area contributed by atoms with E-state index in [0.717, 1.165) is 0 Å². The molecule has 0 radical (unpaired) electrons. The highest BCUT2D eigenvalue weighted by Crippen LogP contribution is 2.32. The summed E-state index contributed by atoms with van der Waals surface area (Å²) < 4.78 is 0. The Balaban J connectivity index is 2.30. The number of aryl methyl sites for hydroxylation is 3. The lowest BCUT2D eigenvalue weighted by molar-refractivity contribution is 1.21. The Hall–Kier alpha value is -1.21. The fourth-order valence-electron chi connectivity index (χ4n) is 1.68. The Morgan fingerprint density at radius 2 is 1.31 bits per heavy atom. The molecule has 1 heteroatoms. The average molecular weight is 228 g/mol. The summed E-state index contributed by atoms with van der Waals surface area (Å²) in [5.41, 5.74) is 4.02. The van der Waals surface area contributed by atoms with E-state index in [2.05, 4.69) is 63.2 Å². The Bertz CT molecular complexity index is 463. The first-order valence-electron chi connectivity index (χ1n) is 5.47. The Morgan fingerprint density at radius 1 is 0.750 bits per heavy atom. The van der Waals surface area contributed by atoms with Crippen LogP contribution in [0, 0.1) is 20.8 Å². The lowest BCUT2D eigenvalue weighted by Gasteiger charge is -2.09. The first kappa shape index (κ1) is 11.3. The third-order valence-corrected chi connectivity index (χ3v) is 4.01. The zero-order valence-corrected chi connectivity index (χ0v) is 10.8. The van der Waals surface area contributed by atoms with E-state index in [-0.39, 0.29) is 0 Å². The predicted molar refractivity (Wildman–Crippen MR) is 71.2 cm³/mol. The first-order chi connectivity index (χ1) is 7.66. The van der Waals surface area contributed by atoms with Gasteiger partial charge in [0.1, 0.15) is 0 Å². The molecule has 0 aromatic heterocycles. The van der Waals surface area contributed by atoms with Crippen LogP contribution in [-0.4, -0.2) is 0 Å². The van der Waals surface area contributed by atoms with Gasteiger partial charge in [0.2, 0.25) is 0 Å². The highest BCUT2D eigenvalue weighted by Gasteiger charge is 2.03. The van der Waals surface area contributed by atoms with Crippen LogP contribution in [0.3, 0.4) is 0 Å². The van der Waals surface area contributed by atoms with Gasteiger partial charge in [-0.1, -0.05) is 47.7 Å². The van der Waals surface area contributed by atoms with Crippen molar-refractivity contribution in [3.8, 4) is 0 Å². The van der Waals surface area contributed by atoms with Gasteiger partial charge < -0.3 is 0 Å². The molecule has 0 aliphatic heterocycles. The summed E-state index contributed by atoms with van der Waals surface area (Å²) in [5, 5.41) is 0. The van der Waals surface area contributed by atoms with Crippen LogP contribution in [0.15, 0.2) is 52.3 Å². The summed E-state index contributed by atoms with van der Waals surface area (Å²) in [6.45, 7) is 6.46. The molecule has 0 fully saturated rings. The predicted octanol–water partition coefficient (Wildman–Crippen LogP) is 4.76. The van der Waals surface area contributed by atoms with Crippen LogP contribution in [0.1, 0.15) is 16.7 Å². The fourth-order valence-corrected chi connectivity index (χ4v) is 2.65. The van der Waals surface area contributed by atoms with Gasteiger partial charge in [0, 0.05) is 9.79 Å². The molecule has 0 aliphatic carbocycles. The molecular weight excluding hydrogens is 212 g/mol. The molecule has 0 heterocycles. The SMILES string of the molecule is Cc1ccc(Sc2c(C)cccc2C)cc1. The van der Waals surface area contributed by atoms with Crippen LogP contribution in [0.4, 0.5) is 0 Å². The third kappa shape index (κ3) is 2.48. The Kier molecular flexibility index (Phi) is 3.35. The highest BCUT2D eigenvalue weighted by molar-refractivity contribution is 7.99. The third-order valence-electron chi connectivity index (χ3n) is 2.65. The van der Waals surface area contributed by atoms with Crippen molar-refractivity contribution < 1.29 is 0 Å². The van der Waals surface area contributed by atoms with E-state index in [1.165, 1.54) is 26.5 Å². The number of hydrogen-bond donors (Lipinski definition) is 0. The van der Waals surface area contributed by atoms with Crippen molar-refractivity contribution >= 4 is 11.8 Å². The lowest BCUT2D eigenvalue weighted by Crippen LogP contribution is -1.84. The summed E-state index contributed by atoms with van der Waals surface area (Å²) in [6.07, 6.45) is 0. The van der Waals surface area contributed by atoms with Gasteiger partial charge in [0.15, 0.2) is 0 Å². The van der Waals surface area contributed by atoms with Crippen LogP contribution in [0.25, 0.3) is 0 Å². The monoisotopic (exact) mass is 228 g/mol. The molecular formula is C15H16S. The molecule has 0 unspecified atom stereocenters. The van der Waals surface area contributed by atoms with Crippen molar-refractivity contribution in [2.75, 3.05) is 0 Å². The van der Waals surface area contributed by atoms with Crippen molar-refractivity contribution in [1.29, 1.82) is 0 Å². The van der Waals surface area contributed by atoms with Crippen molar-refractivity contribution in [3.63, 3.8) is 0 Å². The standard InChI is InChI=1S/C15H16S/c1-11-7-9-14(10-8-11)16-15-12(2)5-4-6-13(15)3/h4-10H,1-3H3. The van der Waals surface area contributed by atoms with Crippen LogP contribution < -0.4 is 0 Å². The fraction of sp³-hybridized carbons (Fsp3) is 0.200. The molecule has 0 saturated heterocycles. The summed E-state index contributed by atoms with van der Waals surface area (Å²) in [7, 11) is 0. The molecule has 2 aromatic rings. The molecule has 0 aliphatic rings. The minimum Gasteiger partial charge on any atom is -0.0895 e. The second kappa shape index (κ2) is 4.75. The Morgan fingerprint density at radius 3 is 1.88 bits per heavy atom. The van der Waals surface area contributed by atoms with Gasteiger partial charge in [-0.3, -0.25) is 0 Å². The normalized spacial score (nSPS) is 10.4. The molecule has 0 atom stereocenters. The van der Waals surface area contributed by atoms with E-state index < -0.39 is 0 Å². The van der Waals surface area contributed by atoms with Crippen LogP contribution >= 0.6 is 11.8 Å². The molecule has 2 rings (SSSR count). The molecule has 16 heavy (non-hydrogen) atoms. The maximum Gasteiger partial charge on any atom is 0.0180 e.